The summed E-state index contributed by atoms with van der Waals surface area (Å²) in [5.41, 5.74) is 2.06. The summed E-state index contributed by atoms with van der Waals surface area (Å²) in [7, 11) is 0. The highest BCUT2D eigenvalue weighted by Crippen LogP contribution is 2.67. The van der Waals surface area contributed by atoms with Crippen molar-refractivity contribution < 1.29 is 5.11 Å². The number of hydrogen-bond acceptors (Lipinski definition) is 4. The van der Waals surface area contributed by atoms with Crippen LogP contribution in [0.3, 0.4) is 0 Å². The molecule has 0 unspecified atom stereocenters. The molecule has 0 radical (unpaired) electrons. The van der Waals surface area contributed by atoms with Crippen molar-refractivity contribution in [3.63, 3.8) is 0 Å². The highest BCUT2D eigenvalue weighted by molar-refractivity contribution is 5.11. The summed E-state index contributed by atoms with van der Waals surface area (Å²) in [6.07, 6.45) is 16.1. The monoisotopic (exact) mass is 481 g/mol. The van der Waals surface area contributed by atoms with Gasteiger partial charge in [-0.1, -0.05) is 33.3 Å². The van der Waals surface area contributed by atoms with Crippen molar-refractivity contribution in [2.75, 3.05) is 13.1 Å². The fourth-order valence-electron chi connectivity index (χ4n) is 9.59. The molecule has 9 atom stereocenters. The molecule has 4 heteroatoms. The molecule has 4 aliphatic rings. The van der Waals surface area contributed by atoms with Crippen LogP contribution in [0.15, 0.2) is 24.4 Å². The number of hydrogen-bond donors (Lipinski definition) is 3. The molecule has 4 aliphatic carbocycles. The van der Waals surface area contributed by atoms with Gasteiger partial charge >= 0.3 is 0 Å². The molecular formula is C31H51N3O. The molecule has 4 nitrogen and oxygen atoms in total. The zero-order valence-corrected chi connectivity index (χ0v) is 22.6. The van der Waals surface area contributed by atoms with E-state index in [1.54, 1.807) is 0 Å². The number of nitrogens with one attached hydrogen (secondary N) is 2. The number of aliphatic hydroxyl groups excluding tert-OH is 1. The molecule has 196 valence electrons. The van der Waals surface area contributed by atoms with Gasteiger partial charge in [0.05, 0.1) is 11.8 Å². The number of aromatic nitrogens is 1. The van der Waals surface area contributed by atoms with Crippen LogP contribution in [-0.4, -0.2) is 35.3 Å². The van der Waals surface area contributed by atoms with Gasteiger partial charge in [0.15, 0.2) is 0 Å². The first-order chi connectivity index (χ1) is 17.0. The minimum atomic E-state index is -0.0674. The molecule has 5 rings (SSSR count). The molecule has 0 saturated heterocycles. The van der Waals surface area contributed by atoms with Crippen LogP contribution >= 0.6 is 0 Å². The van der Waals surface area contributed by atoms with Crippen LogP contribution in [0.5, 0.6) is 0 Å². The lowest BCUT2D eigenvalue weighted by atomic mass is 9.44. The summed E-state index contributed by atoms with van der Waals surface area (Å²) in [6, 6.07) is 6.74. The van der Waals surface area contributed by atoms with E-state index >= 15 is 0 Å². The molecule has 0 amide bonds. The lowest BCUT2D eigenvalue weighted by Gasteiger charge is -2.62. The highest BCUT2D eigenvalue weighted by atomic mass is 16.3. The van der Waals surface area contributed by atoms with Crippen LogP contribution in [0.2, 0.25) is 0 Å². The summed E-state index contributed by atoms with van der Waals surface area (Å²) in [5, 5.41) is 18.9. The second kappa shape index (κ2) is 10.8. The van der Waals surface area contributed by atoms with Gasteiger partial charge in [0, 0.05) is 18.8 Å². The van der Waals surface area contributed by atoms with Crippen molar-refractivity contribution in [1.82, 2.24) is 15.6 Å². The van der Waals surface area contributed by atoms with E-state index in [-0.39, 0.29) is 6.10 Å². The minimum Gasteiger partial charge on any atom is -0.393 e. The summed E-state index contributed by atoms with van der Waals surface area (Å²) in [5.74, 6) is 3.65. The van der Waals surface area contributed by atoms with Gasteiger partial charge in [0.1, 0.15) is 0 Å². The molecular weight excluding hydrogens is 430 g/mol. The normalized spacial score (nSPS) is 42.8. The van der Waals surface area contributed by atoms with E-state index in [1.165, 1.54) is 64.2 Å². The molecule has 1 aromatic heterocycles. The molecule has 3 N–H and O–H groups in total. The summed E-state index contributed by atoms with van der Waals surface area (Å²) < 4.78 is 0. The Morgan fingerprint density at radius 1 is 0.971 bits per heavy atom. The number of unbranched alkanes of at least 4 members (excludes halogenated alkanes) is 1. The van der Waals surface area contributed by atoms with Gasteiger partial charge in [-0.3, -0.25) is 4.98 Å². The fraction of sp³-hybridized carbons (Fsp3) is 0.839. The highest BCUT2D eigenvalue weighted by Gasteiger charge is 2.62. The minimum absolute atomic E-state index is 0.0674. The lowest BCUT2D eigenvalue weighted by molar-refractivity contribution is -0.165. The maximum absolute atomic E-state index is 11.5. The Morgan fingerprint density at radius 2 is 1.77 bits per heavy atom. The maximum atomic E-state index is 11.5. The predicted octanol–water partition coefficient (Wildman–Crippen LogP) is 5.95. The Morgan fingerprint density at radius 3 is 2.57 bits per heavy atom. The number of rotatable bonds is 9. The first-order valence-electron chi connectivity index (χ1n) is 15.0. The Bertz CT molecular complexity index is 817. The van der Waals surface area contributed by atoms with E-state index in [9.17, 15) is 5.11 Å². The third-order valence-electron chi connectivity index (χ3n) is 11.6. The van der Waals surface area contributed by atoms with Crippen LogP contribution in [0, 0.1) is 40.4 Å². The zero-order valence-electron chi connectivity index (χ0n) is 22.6. The van der Waals surface area contributed by atoms with Crippen LogP contribution in [-0.2, 0) is 6.54 Å². The van der Waals surface area contributed by atoms with Crippen molar-refractivity contribution in [3.05, 3.63) is 30.1 Å². The van der Waals surface area contributed by atoms with E-state index in [0.717, 1.165) is 49.5 Å². The molecule has 1 aromatic rings. The van der Waals surface area contributed by atoms with E-state index in [4.69, 9.17) is 0 Å². The van der Waals surface area contributed by atoms with Gasteiger partial charge in [-0.05, 0) is 130 Å². The third kappa shape index (κ3) is 4.97. The lowest BCUT2D eigenvalue weighted by Crippen LogP contribution is -2.59. The van der Waals surface area contributed by atoms with E-state index < -0.39 is 0 Å². The van der Waals surface area contributed by atoms with E-state index in [1.807, 2.05) is 12.3 Å². The van der Waals surface area contributed by atoms with Crippen LogP contribution in [0.25, 0.3) is 0 Å². The summed E-state index contributed by atoms with van der Waals surface area (Å²) >= 11 is 0. The van der Waals surface area contributed by atoms with Gasteiger partial charge < -0.3 is 15.7 Å². The largest absolute Gasteiger partial charge is 0.393 e. The number of pyridine rings is 1. The van der Waals surface area contributed by atoms with E-state index in [2.05, 4.69) is 48.5 Å². The summed E-state index contributed by atoms with van der Waals surface area (Å²) in [6.45, 7) is 10.6. The molecule has 4 fully saturated rings. The summed E-state index contributed by atoms with van der Waals surface area (Å²) in [4.78, 5) is 4.38. The van der Waals surface area contributed by atoms with Crippen molar-refractivity contribution >= 4 is 0 Å². The quantitative estimate of drug-likeness (QED) is 0.382. The number of aliphatic hydroxyl groups is 1. The molecule has 0 aliphatic heterocycles. The molecule has 4 saturated carbocycles. The Hall–Kier alpha value is -0.970. The molecule has 0 bridgehead atoms. The Kier molecular flexibility index (Phi) is 7.92. The number of nitrogens with zero attached hydrogens (tertiary/aromatic N) is 1. The van der Waals surface area contributed by atoms with Crippen molar-refractivity contribution in [2.45, 2.75) is 110 Å². The fourth-order valence-corrected chi connectivity index (χ4v) is 9.59. The van der Waals surface area contributed by atoms with Gasteiger partial charge in [-0.25, -0.2) is 0 Å². The smallest absolute Gasteiger partial charge is 0.0577 e. The van der Waals surface area contributed by atoms with Crippen LogP contribution in [0.1, 0.15) is 97.1 Å². The average molecular weight is 482 g/mol. The average Bonchev–Trinajstić information content (AvgIpc) is 3.21. The Balaban J connectivity index is 1.08. The molecule has 0 aromatic carbocycles. The standard InChI is InChI=1S/C31H51N3O/c1-4-22-10-11-26-29-27(13-15-30(22,26)2)31(3)14-12-24(19-23(31)20-28(29)35)33-18-8-7-16-32-21-25-9-5-6-17-34-25/h5-6,9,17,22-24,26-29,32-33,35H,4,7-8,10-16,18-21H2,1-3H3/t22-,23+,24+,26-,27-,28+,29-,30+,31-/m0/s1. The predicted molar refractivity (Wildman–Crippen MR) is 144 cm³/mol. The zero-order chi connectivity index (χ0) is 24.5. The molecule has 35 heavy (non-hydrogen) atoms. The first-order valence-corrected chi connectivity index (χ1v) is 15.0. The Labute approximate surface area is 214 Å². The second-order valence-electron chi connectivity index (χ2n) is 13.2. The van der Waals surface area contributed by atoms with Crippen molar-refractivity contribution in [3.8, 4) is 0 Å². The topological polar surface area (TPSA) is 57.2 Å². The van der Waals surface area contributed by atoms with Crippen LogP contribution < -0.4 is 10.6 Å². The first kappa shape index (κ1) is 25.7. The second-order valence-corrected chi connectivity index (χ2v) is 13.2. The van der Waals surface area contributed by atoms with Gasteiger partial charge in [0.25, 0.3) is 0 Å². The number of fused-ring (bicyclic) bond motifs is 5. The molecule has 1 heterocycles. The molecule has 0 spiro atoms. The maximum Gasteiger partial charge on any atom is 0.0577 e. The third-order valence-corrected chi connectivity index (χ3v) is 11.6. The SMILES string of the molecule is CC[C@H]1CC[C@H]2[C@@H]3[C@H](O)C[C@H]4C[C@H](NCCCCNCc5ccccn5)CC[C@]4(C)[C@H]3CC[C@]12C. The van der Waals surface area contributed by atoms with Crippen molar-refractivity contribution in [1.29, 1.82) is 0 Å². The van der Waals surface area contributed by atoms with Gasteiger partial charge in [-0.15, -0.1) is 0 Å². The van der Waals surface area contributed by atoms with Gasteiger partial charge in [0.2, 0.25) is 0 Å². The van der Waals surface area contributed by atoms with Crippen molar-refractivity contribution in [2.24, 2.45) is 40.4 Å². The van der Waals surface area contributed by atoms with Gasteiger partial charge in [-0.2, -0.15) is 0 Å². The van der Waals surface area contributed by atoms with Crippen LogP contribution in [0.4, 0.5) is 0 Å². The van der Waals surface area contributed by atoms with E-state index in [0.29, 0.717) is 28.7 Å².